The highest BCUT2D eigenvalue weighted by atomic mass is 32.1. The van der Waals surface area contributed by atoms with Crippen LogP contribution in [0.2, 0.25) is 0 Å². The van der Waals surface area contributed by atoms with E-state index < -0.39 is 0 Å². The van der Waals surface area contributed by atoms with Crippen molar-refractivity contribution >= 4 is 28.6 Å². The monoisotopic (exact) mass is 222 g/mol. The molecule has 15 heavy (non-hydrogen) atoms. The number of anilines is 2. The van der Waals surface area contributed by atoms with Gasteiger partial charge in [-0.25, -0.2) is 0 Å². The van der Waals surface area contributed by atoms with Crippen molar-refractivity contribution in [2.75, 3.05) is 11.1 Å². The molecular weight excluding hydrogens is 212 g/mol. The van der Waals surface area contributed by atoms with E-state index in [1.807, 2.05) is 16.8 Å². The molecular formula is C9H10N4OS. The van der Waals surface area contributed by atoms with Crippen molar-refractivity contribution in [1.29, 1.82) is 0 Å². The third-order valence-corrected chi connectivity index (χ3v) is 2.64. The number of aryl methyl sites for hydroxylation is 1. The number of carbonyl (C=O) groups is 1. The maximum atomic E-state index is 11.8. The van der Waals surface area contributed by atoms with Gasteiger partial charge in [0.25, 0.3) is 5.91 Å². The zero-order valence-corrected chi connectivity index (χ0v) is 8.91. The Morgan fingerprint density at radius 1 is 1.67 bits per heavy atom. The first-order valence-electron chi connectivity index (χ1n) is 4.29. The molecule has 0 spiro atoms. The molecule has 2 aromatic heterocycles. The average Bonchev–Trinajstić information content (AvgIpc) is 2.77. The molecule has 3 N–H and O–H groups in total. The van der Waals surface area contributed by atoms with Crippen molar-refractivity contribution in [3.8, 4) is 0 Å². The Labute approximate surface area is 90.5 Å². The molecule has 0 radical (unpaired) electrons. The van der Waals surface area contributed by atoms with Crippen LogP contribution in [0.5, 0.6) is 0 Å². The first-order chi connectivity index (χ1) is 7.18. The van der Waals surface area contributed by atoms with E-state index in [4.69, 9.17) is 5.73 Å². The summed E-state index contributed by atoms with van der Waals surface area (Å²) in [5.41, 5.74) is 7.15. The first kappa shape index (κ1) is 9.72. The van der Waals surface area contributed by atoms with Gasteiger partial charge < -0.3 is 11.1 Å². The van der Waals surface area contributed by atoms with E-state index in [9.17, 15) is 4.79 Å². The number of thiophene rings is 1. The van der Waals surface area contributed by atoms with Crippen molar-refractivity contribution in [3.63, 3.8) is 0 Å². The molecule has 0 bridgehead atoms. The standard InChI is InChI=1S/C9H10N4OS/c1-13-8(7(10)4-11-13)9(14)12-6-2-3-15-5-6/h2-5H,10H2,1H3,(H,12,14). The van der Waals surface area contributed by atoms with Crippen LogP contribution in [0.15, 0.2) is 23.0 Å². The second kappa shape index (κ2) is 3.74. The Balaban J connectivity index is 2.22. The lowest BCUT2D eigenvalue weighted by Crippen LogP contribution is -2.17. The van der Waals surface area contributed by atoms with Crippen LogP contribution in [0.4, 0.5) is 11.4 Å². The molecule has 0 unspecified atom stereocenters. The van der Waals surface area contributed by atoms with E-state index in [0.717, 1.165) is 5.69 Å². The number of hydrogen-bond acceptors (Lipinski definition) is 4. The van der Waals surface area contributed by atoms with Gasteiger partial charge in [0.15, 0.2) is 0 Å². The van der Waals surface area contributed by atoms with Crippen LogP contribution in [-0.4, -0.2) is 15.7 Å². The minimum atomic E-state index is -0.245. The third-order valence-electron chi connectivity index (χ3n) is 1.96. The van der Waals surface area contributed by atoms with Gasteiger partial charge in [-0.1, -0.05) is 0 Å². The Morgan fingerprint density at radius 3 is 3.00 bits per heavy atom. The number of rotatable bonds is 2. The lowest BCUT2D eigenvalue weighted by atomic mass is 10.3. The Bertz CT molecular complexity index is 455. The molecule has 0 atom stereocenters. The fraction of sp³-hybridized carbons (Fsp3) is 0.111. The zero-order chi connectivity index (χ0) is 10.8. The summed E-state index contributed by atoms with van der Waals surface area (Å²) >= 11 is 1.52. The molecule has 0 saturated heterocycles. The van der Waals surface area contributed by atoms with Gasteiger partial charge in [-0.3, -0.25) is 9.48 Å². The van der Waals surface area contributed by atoms with Crippen LogP contribution in [0.25, 0.3) is 0 Å². The largest absolute Gasteiger partial charge is 0.396 e. The van der Waals surface area contributed by atoms with Gasteiger partial charge in [-0.2, -0.15) is 16.4 Å². The van der Waals surface area contributed by atoms with E-state index >= 15 is 0 Å². The molecule has 0 fully saturated rings. The molecule has 0 aromatic carbocycles. The predicted octanol–water partition coefficient (Wildman–Crippen LogP) is 1.32. The van der Waals surface area contributed by atoms with Crippen LogP contribution in [0, 0.1) is 0 Å². The van der Waals surface area contributed by atoms with Gasteiger partial charge in [0.05, 0.1) is 17.6 Å². The van der Waals surface area contributed by atoms with Crippen LogP contribution in [0.3, 0.4) is 0 Å². The smallest absolute Gasteiger partial charge is 0.276 e. The topological polar surface area (TPSA) is 72.9 Å². The van der Waals surface area contributed by atoms with E-state index in [1.54, 1.807) is 7.05 Å². The number of nitrogens with two attached hydrogens (primary N) is 1. The van der Waals surface area contributed by atoms with Crippen molar-refractivity contribution in [2.45, 2.75) is 0 Å². The molecule has 0 aliphatic carbocycles. The Kier molecular flexibility index (Phi) is 2.42. The van der Waals surface area contributed by atoms with Crippen molar-refractivity contribution < 1.29 is 4.79 Å². The van der Waals surface area contributed by atoms with Gasteiger partial charge in [0, 0.05) is 12.4 Å². The fourth-order valence-electron chi connectivity index (χ4n) is 1.26. The van der Waals surface area contributed by atoms with Gasteiger partial charge in [0.2, 0.25) is 0 Å². The number of nitrogen functional groups attached to an aromatic ring is 1. The number of nitrogens with one attached hydrogen (secondary N) is 1. The number of hydrogen-bond donors (Lipinski definition) is 2. The van der Waals surface area contributed by atoms with E-state index in [0.29, 0.717) is 11.4 Å². The van der Waals surface area contributed by atoms with Gasteiger partial charge in [-0.05, 0) is 11.4 Å². The number of carbonyl (C=O) groups excluding carboxylic acids is 1. The summed E-state index contributed by atoms with van der Waals surface area (Å²) in [6.07, 6.45) is 1.46. The molecule has 6 heteroatoms. The molecule has 1 amide bonds. The molecule has 2 aromatic rings. The summed E-state index contributed by atoms with van der Waals surface area (Å²) in [6.45, 7) is 0. The summed E-state index contributed by atoms with van der Waals surface area (Å²) in [5.74, 6) is -0.245. The quantitative estimate of drug-likeness (QED) is 0.804. The summed E-state index contributed by atoms with van der Waals surface area (Å²) in [4.78, 5) is 11.8. The molecule has 2 rings (SSSR count). The van der Waals surface area contributed by atoms with E-state index in [1.165, 1.54) is 22.2 Å². The Hall–Kier alpha value is -1.82. The highest BCUT2D eigenvalue weighted by Gasteiger charge is 2.14. The van der Waals surface area contributed by atoms with Crippen molar-refractivity contribution in [1.82, 2.24) is 9.78 Å². The third kappa shape index (κ3) is 1.84. The second-order valence-electron chi connectivity index (χ2n) is 3.04. The number of amides is 1. The van der Waals surface area contributed by atoms with Crippen LogP contribution < -0.4 is 11.1 Å². The lowest BCUT2D eigenvalue weighted by Gasteiger charge is -2.03. The second-order valence-corrected chi connectivity index (χ2v) is 3.82. The average molecular weight is 222 g/mol. The minimum Gasteiger partial charge on any atom is -0.396 e. The Morgan fingerprint density at radius 2 is 2.47 bits per heavy atom. The summed E-state index contributed by atoms with van der Waals surface area (Å²) < 4.78 is 1.46. The SMILES string of the molecule is Cn1ncc(N)c1C(=O)Nc1ccsc1. The van der Waals surface area contributed by atoms with Crippen LogP contribution in [0.1, 0.15) is 10.5 Å². The van der Waals surface area contributed by atoms with Gasteiger partial charge >= 0.3 is 0 Å². The number of nitrogens with zero attached hydrogens (tertiary/aromatic N) is 2. The molecule has 0 aliphatic heterocycles. The van der Waals surface area contributed by atoms with Crippen molar-refractivity contribution in [2.24, 2.45) is 7.05 Å². The normalized spacial score (nSPS) is 10.2. The molecule has 78 valence electrons. The molecule has 0 aliphatic rings. The fourth-order valence-corrected chi connectivity index (χ4v) is 1.85. The minimum absolute atomic E-state index is 0.245. The summed E-state index contributed by atoms with van der Waals surface area (Å²) in [7, 11) is 1.68. The molecule has 5 nitrogen and oxygen atoms in total. The highest BCUT2D eigenvalue weighted by Crippen LogP contribution is 2.15. The summed E-state index contributed by atoms with van der Waals surface area (Å²) in [5, 5.41) is 10.4. The van der Waals surface area contributed by atoms with E-state index in [2.05, 4.69) is 10.4 Å². The molecule has 0 saturated carbocycles. The predicted molar refractivity (Wildman–Crippen MR) is 59.9 cm³/mol. The molecule has 2 heterocycles. The van der Waals surface area contributed by atoms with Gasteiger partial charge in [0.1, 0.15) is 5.69 Å². The summed E-state index contributed by atoms with van der Waals surface area (Å²) in [6, 6.07) is 1.83. The van der Waals surface area contributed by atoms with Crippen LogP contribution >= 0.6 is 11.3 Å². The maximum Gasteiger partial charge on any atom is 0.276 e. The lowest BCUT2D eigenvalue weighted by molar-refractivity contribution is 0.101. The van der Waals surface area contributed by atoms with Crippen molar-refractivity contribution in [3.05, 3.63) is 28.7 Å². The van der Waals surface area contributed by atoms with Crippen LogP contribution in [-0.2, 0) is 7.05 Å². The van der Waals surface area contributed by atoms with E-state index in [-0.39, 0.29) is 5.91 Å². The highest BCUT2D eigenvalue weighted by molar-refractivity contribution is 7.08. The zero-order valence-electron chi connectivity index (χ0n) is 8.10. The van der Waals surface area contributed by atoms with Gasteiger partial charge in [-0.15, -0.1) is 0 Å². The maximum absolute atomic E-state index is 11.8. The number of aromatic nitrogens is 2. The first-order valence-corrected chi connectivity index (χ1v) is 5.24.